The smallest absolute Gasteiger partial charge is 0.224 e. The summed E-state index contributed by atoms with van der Waals surface area (Å²) < 4.78 is 5.09. The molecule has 1 aromatic heterocycles. The Morgan fingerprint density at radius 1 is 1.27 bits per heavy atom. The third kappa shape index (κ3) is 3.95. The Balaban J connectivity index is 1.97. The highest BCUT2D eigenvalue weighted by Crippen LogP contribution is 2.17. The van der Waals surface area contributed by atoms with Crippen LogP contribution in [-0.4, -0.2) is 36.6 Å². The molecule has 1 aromatic carbocycles. The van der Waals surface area contributed by atoms with Crippen molar-refractivity contribution in [2.75, 3.05) is 20.6 Å². The third-order valence-electron chi connectivity index (χ3n) is 3.82. The van der Waals surface area contributed by atoms with E-state index < -0.39 is 0 Å². The van der Waals surface area contributed by atoms with E-state index >= 15 is 0 Å². The number of hydrogen-bond donors (Lipinski definition) is 1. The van der Waals surface area contributed by atoms with Crippen molar-refractivity contribution < 1.29 is 9.32 Å². The van der Waals surface area contributed by atoms with E-state index in [1.807, 2.05) is 46.1 Å². The minimum Gasteiger partial charge on any atom is -0.361 e. The minimum atomic E-state index is -0.0165. The van der Waals surface area contributed by atoms with Gasteiger partial charge in [-0.3, -0.25) is 4.79 Å². The van der Waals surface area contributed by atoms with Gasteiger partial charge in [0.1, 0.15) is 5.76 Å². The molecular formula is C17H23N3O2. The van der Waals surface area contributed by atoms with Crippen LogP contribution in [0, 0.1) is 13.8 Å². The fraction of sp³-hybridized carbons (Fsp3) is 0.412. The van der Waals surface area contributed by atoms with Crippen molar-refractivity contribution in [1.82, 2.24) is 15.4 Å². The number of amides is 1. The third-order valence-corrected chi connectivity index (χ3v) is 3.82. The van der Waals surface area contributed by atoms with Crippen molar-refractivity contribution in [3.8, 4) is 0 Å². The summed E-state index contributed by atoms with van der Waals surface area (Å²) >= 11 is 0. The number of carbonyl (C=O) groups is 1. The molecule has 0 fully saturated rings. The first-order valence-electron chi connectivity index (χ1n) is 7.39. The van der Waals surface area contributed by atoms with E-state index in [2.05, 4.69) is 27.5 Å². The molecule has 0 saturated carbocycles. The summed E-state index contributed by atoms with van der Waals surface area (Å²) in [6.45, 7) is 4.25. The number of likely N-dealkylation sites (N-methyl/N-ethyl adjacent to an activating group) is 1. The van der Waals surface area contributed by atoms with Crippen LogP contribution in [0.2, 0.25) is 0 Å². The van der Waals surface area contributed by atoms with E-state index in [1.54, 1.807) is 0 Å². The van der Waals surface area contributed by atoms with Crippen LogP contribution in [0.1, 0.15) is 28.6 Å². The summed E-state index contributed by atoms with van der Waals surface area (Å²) in [4.78, 5) is 14.3. The summed E-state index contributed by atoms with van der Waals surface area (Å²) in [6.07, 6.45) is 0.302. The molecule has 0 unspecified atom stereocenters. The van der Waals surface area contributed by atoms with Crippen LogP contribution in [0.3, 0.4) is 0 Å². The second-order valence-corrected chi connectivity index (χ2v) is 5.67. The molecule has 0 radical (unpaired) electrons. The zero-order valence-corrected chi connectivity index (χ0v) is 13.6. The molecule has 0 aliphatic carbocycles. The lowest BCUT2D eigenvalue weighted by Crippen LogP contribution is -2.35. The van der Waals surface area contributed by atoms with Crippen molar-refractivity contribution in [2.24, 2.45) is 0 Å². The van der Waals surface area contributed by atoms with Gasteiger partial charge >= 0.3 is 0 Å². The zero-order chi connectivity index (χ0) is 16.1. The van der Waals surface area contributed by atoms with Gasteiger partial charge in [-0.25, -0.2) is 0 Å². The molecular weight excluding hydrogens is 278 g/mol. The SMILES string of the molecule is Cc1noc(C)c1CC(=O)NC[C@H](c1ccccc1)N(C)C. The van der Waals surface area contributed by atoms with Gasteiger partial charge in [-0.1, -0.05) is 35.5 Å². The lowest BCUT2D eigenvalue weighted by Gasteiger charge is -2.25. The van der Waals surface area contributed by atoms with Crippen LogP contribution in [0.4, 0.5) is 0 Å². The van der Waals surface area contributed by atoms with Crippen LogP contribution < -0.4 is 5.32 Å². The fourth-order valence-corrected chi connectivity index (χ4v) is 2.46. The second-order valence-electron chi connectivity index (χ2n) is 5.67. The van der Waals surface area contributed by atoms with E-state index in [0.29, 0.717) is 18.7 Å². The Morgan fingerprint density at radius 3 is 2.50 bits per heavy atom. The van der Waals surface area contributed by atoms with Crippen LogP contribution in [0.15, 0.2) is 34.9 Å². The van der Waals surface area contributed by atoms with Crippen molar-refractivity contribution in [2.45, 2.75) is 26.3 Å². The van der Waals surface area contributed by atoms with E-state index in [4.69, 9.17) is 4.52 Å². The number of rotatable bonds is 6. The molecule has 1 atom stereocenters. The molecule has 5 nitrogen and oxygen atoms in total. The molecule has 0 aliphatic heterocycles. The maximum Gasteiger partial charge on any atom is 0.224 e. The van der Waals surface area contributed by atoms with Crippen LogP contribution in [0.5, 0.6) is 0 Å². The lowest BCUT2D eigenvalue weighted by molar-refractivity contribution is -0.120. The molecule has 0 bridgehead atoms. The highest BCUT2D eigenvalue weighted by molar-refractivity contribution is 5.79. The minimum absolute atomic E-state index is 0.0165. The Hall–Kier alpha value is -2.14. The Kier molecular flexibility index (Phi) is 5.33. The number of nitrogens with one attached hydrogen (secondary N) is 1. The molecule has 0 saturated heterocycles. The molecule has 0 aliphatic rings. The van der Waals surface area contributed by atoms with Gasteiger partial charge in [0.15, 0.2) is 0 Å². The zero-order valence-electron chi connectivity index (χ0n) is 13.6. The van der Waals surface area contributed by atoms with Crippen molar-refractivity contribution in [1.29, 1.82) is 0 Å². The standard InChI is InChI=1S/C17H23N3O2/c1-12-15(13(2)22-19-12)10-17(21)18-11-16(20(3)4)14-8-6-5-7-9-14/h5-9,16H,10-11H2,1-4H3,(H,18,21)/t16-/m1/s1. The van der Waals surface area contributed by atoms with E-state index in [9.17, 15) is 4.79 Å². The van der Waals surface area contributed by atoms with Crippen molar-refractivity contribution in [3.63, 3.8) is 0 Å². The number of hydrogen-bond acceptors (Lipinski definition) is 4. The first-order chi connectivity index (χ1) is 10.5. The number of benzene rings is 1. The van der Waals surface area contributed by atoms with Gasteiger partial charge in [-0.05, 0) is 33.5 Å². The predicted molar refractivity (Wildman–Crippen MR) is 85.6 cm³/mol. The van der Waals surface area contributed by atoms with Gasteiger partial charge in [0.05, 0.1) is 18.2 Å². The fourth-order valence-electron chi connectivity index (χ4n) is 2.46. The Bertz CT molecular complexity index is 601. The van der Waals surface area contributed by atoms with Gasteiger partial charge in [0.2, 0.25) is 5.91 Å². The molecule has 1 heterocycles. The van der Waals surface area contributed by atoms with Gasteiger partial charge in [0, 0.05) is 12.1 Å². The second kappa shape index (κ2) is 7.22. The summed E-state index contributed by atoms with van der Waals surface area (Å²) in [7, 11) is 4.02. The molecule has 1 amide bonds. The molecule has 2 rings (SSSR count). The van der Waals surface area contributed by atoms with Gasteiger partial charge in [-0.2, -0.15) is 0 Å². The Morgan fingerprint density at radius 2 is 1.95 bits per heavy atom. The average Bonchev–Trinajstić information content (AvgIpc) is 2.80. The molecule has 5 heteroatoms. The summed E-state index contributed by atoms with van der Waals surface area (Å²) in [5, 5.41) is 6.88. The maximum atomic E-state index is 12.2. The van der Waals surface area contributed by atoms with Crippen LogP contribution in [0.25, 0.3) is 0 Å². The highest BCUT2D eigenvalue weighted by Gasteiger charge is 2.17. The number of aryl methyl sites for hydroxylation is 2. The van der Waals surface area contributed by atoms with Crippen molar-refractivity contribution in [3.05, 3.63) is 52.9 Å². The Labute approximate surface area is 131 Å². The van der Waals surface area contributed by atoms with Crippen LogP contribution >= 0.6 is 0 Å². The number of nitrogens with zero attached hydrogens (tertiary/aromatic N) is 2. The van der Waals surface area contributed by atoms with Crippen molar-refractivity contribution >= 4 is 5.91 Å². The van der Waals surface area contributed by atoms with Gasteiger partial charge < -0.3 is 14.7 Å². The van der Waals surface area contributed by atoms with Gasteiger partial charge in [-0.15, -0.1) is 0 Å². The largest absolute Gasteiger partial charge is 0.361 e. The summed E-state index contributed by atoms with van der Waals surface area (Å²) in [5.74, 6) is 0.692. The quantitative estimate of drug-likeness (QED) is 0.889. The molecule has 2 aromatic rings. The number of aromatic nitrogens is 1. The molecule has 22 heavy (non-hydrogen) atoms. The molecule has 1 N–H and O–H groups in total. The van der Waals surface area contributed by atoms with E-state index in [0.717, 1.165) is 11.3 Å². The topological polar surface area (TPSA) is 58.4 Å². The lowest BCUT2D eigenvalue weighted by atomic mass is 10.1. The normalized spacial score (nSPS) is 12.4. The summed E-state index contributed by atoms with van der Waals surface area (Å²) in [5.41, 5.74) is 2.84. The first-order valence-corrected chi connectivity index (χ1v) is 7.39. The van der Waals surface area contributed by atoms with Crippen LogP contribution in [-0.2, 0) is 11.2 Å². The van der Waals surface area contributed by atoms with E-state index in [-0.39, 0.29) is 11.9 Å². The predicted octanol–water partition coefficient (Wildman–Crippen LogP) is 2.25. The first kappa shape index (κ1) is 16.2. The average molecular weight is 301 g/mol. The monoisotopic (exact) mass is 301 g/mol. The number of carbonyl (C=O) groups excluding carboxylic acids is 1. The molecule has 0 spiro atoms. The van der Waals surface area contributed by atoms with Gasteiger partial charge in [0.25, 0.3) is 0 Å². The maximum absolute atomic E-state index is 12.2. The highest BCUT2D eigenvalue weighted by atomic mass is 16.5. The summed E-state index contributed by atoms with van der Waals surface area (Å²) in [6, 6.07) is 10.3. The van der Waals surface area contributed by atoms with E-state index in [1.165, 1.54) is 5.56 Å². The molecule has 118 valence electrons.